The van der Waals surface area contributed by atoms with E-state index in [4.69, 9.17) is 0 Å². The Balaban J connectivity index is 1.53. The van der Waals surface area contributed by atoms with Crippen molar-refractivity contribution < 1.29 is 15.0 Å². The zero-order valence-electron chi connectivity index (χ0n) is 22.4. The van der Waals surface area contributed by atoms with Gasteiger partial charge in [0.2, 0.25) is 0 Å². The number of hydrogen-bond acceptors (Lipinski definition) is 2. The summed E-state index contributed by atoms with van der Waals surface area (Å²) in [5.74, 6) is 2.08. The summed E-state index contributed by atoms with van der Waals surface area (Å²) in [6.07, 6.45) is 12.0. The summed E-state index contributed by atoms with van der Waals surface area (Å²) in [4.78, 5) is 12.1. The second-order valence-electron chi connectivity index (χ2n) is 15.1. The molecule has 3 nitrogen and oxygen atoms in total. The molecule has 4 unspecified atom stereocenters. The smallest absolute Gasteiger partial charge is 0.306 e. The van der Waals surface area contributed by atoms with E-state index in [0.717, 1.165) is 18.8 Å². The van der Waals surface area contributed by atoms with Crippen LogP contribution >= 0.6 is 0 Å². The quantitative estimate of drug-likeness (QED) is 0.461. The van der Waals surface area contributed by atoms with Crippen LogP contribution in [0.5, 0.6) is 0 Å². The van der Waals surface area contributed by atoms with Crippen LogP contribution in [-0.2, 0) is 4.79 Å². The van der Waals surface area contributed by atoms with E-state index in [1.807, 2.05) is 6.92 Å². The molecule has 0 amide bonds. The molecule has 5 saturated carbocycles. The van der Waals surface area contributed by atoms with E-state index >= 15 is 0 Å². The van der Waals surface area contributed by atoms with Gasteiger partial charge in [0.1, 0.15) is 0 Å². The molecular weight excluding hydrogens is 408 g/mol. The van der Waals surface area contributed by atoms with Crippen molar-refractivity contribution in [2.45, 2.75) is 119 Å². The molecule has 5 rings (SSSR count). The van der Waals surface area contributed by atoms with Gasteiger partial charge in [-0.2, -0.15) is 0 Å². The highest BCUT2D eigenvalue weighted by molar-refractivity contribution is 5.70. The van der Waals surface area contributed by atoms with Crippen LogP contribution in [0, 0.1) is 62.6 Å². The maximum atomic E-state index is 12.1. The Morgan fingerprint density at radius 1 is 0.788 bits per heavy atom. The molecule has 5 aliphatic carbocycles. The maximum Gasteiger partial charge on any atom is 0.306 e. The number of aliphatic carboxylic acids is 1. The Bertz CT molecular complexity index is 819. The van der Waals surface area contributed by atoms with Crippen LogP contribution in [0.3, 0.4) is 0 Å². The lowest BCUT2D eigenvalue weighted by Crippen LogP contribution is -2.66. The van der Waals surface area contributed by atoms with Crippen molar-refractivity contribution in [3.63, 3.8) is 0 Å². The molecular formula is C30H50O3. The molecule has 11 atom stereocenters. The molecule has 0 saturated heterocycles. The summed E-state index contributed by atoms with van der Waals surface area (Å²) >= 11 is 0. The fraction of sp³-hybridized carbons (Fsp3) is 0.967. The molecule has 2 N–H and O–H groups in total. The molecule has 33 heavy (non-hydrogen) atoms. The summed E-state index contributed by atoms with van der Waals surface area (Å²) in [6, 6.07) is 0. The number of aliphatic hydroxyl groups excluding tert-OH is 1. The standard InChI is InChI=1S/C30H50O3/c1-18(25(32)33)19-10-13-27(4)16-17-29(6)20(24(19)27)8-9-22-28(5)14-12-23(31)26(2,3)21(28)11-15-30(22,29)7/h18-24,31H,8-17H2,1-7H3,(H,32,33)/t18-,19+,20?,21?,22?,23-,24?,27-,28+,29-,30-/m1/s1. The van der Waals surface area contributed by atoms with Gasteiger partial charge in [-0.25, -0.2) is 0 Å². The molecule has 5 aliphatic rings. The molecule has 5 fully saturated rings. The number of hydrogen-bond donors (Lipinski definition) is 2. The van der Waals surface area contributed by atoms with Crippen molar-refractivity contribution in [2.24, 2.45) is 62.6 Å². The highest BCUT2D eigenvalue weighted by Gasteiger charge is 2.70. The van der Waals surface area contributed by atoms with Gasteiger partial charge in [0.05, 0.1) is 12.0 Å². The topological polar surface area (TPSA) is 57.5 Å². The molecule has 0 radical (unpaired) electrons. The maximum absolute atomic E-state index is 12.1. The summed E-state index contributed by atoms with van der Waals surface area (Å²) < 4.78 is 0. The van der Waals surface area contributed by atoms with E-state index in [-0.39, 0.29) is 17.4 Å². The first kappa shape index (κ1) is 24.1. The lowest BCUT2D eigenvalue weighted by molar-refractivity contribution is -0.248. The zero-order chi connectivity index (χ0) is 24.2. The molecule has 0 aromatic rings. The SMILES string of the molecule is C[C@@H](C(=O)O)[C@@H]1CC[C@]2(C)CC[C@]3(C)C(CCC4[C@@]5(C)CC[C@@H](O)C(C)(C)C5CC[C@]43C)C12. The van der Waals surface area contributed by atoms with Crippen molar-refractivity contribution in [1.82, 2.24) is 0 Å². The van der Waals surface area contributed by atoms with Crippen molar-refractivity contribution in [2.75, 3.05) is 0 Å². The lowest BCUT2D eigenvalue weighted by atomic mass is 9.32. The van der Waals surface area contributed by atoms with Gasteiger partial charge < -0.3 is 10.2 Å². The van der Waals surface area contributed by atoms with Gasteiger partial charge in [0.15, 0.2) is 0 Å². The van der Waals surface area contributed by atoms with E-state index in [9.17, 15) is 15.0 Å². The average Bonchev–Trinajstić information content (AvgIpc) is 3.08. The second-order valence-corrected chi connectivity index (χ2v) is 15.1. The number of aliphatic hydroxyl groups is 1. The van der Waals surface area contributed by atoms with Gasteiger partial charge in [-0.15, -0.1) is 0 Å². The average molecular weight is 459 g/mol. The van der Waals surface area contributed by atoms with Crippen molar-refractivity contribution in [3.05, 3.63) is 0 Å². The van der Waals surface area contributed by atoms with E-state index in [1.54, 1.807) is 0 Å². The molecule has 0 spiro atoms. The molecule has 0 aliphatic heterocycles. The number of carbonyl (C=O) groups is 1. The van der Waals surface area contributed by atoms with Crippen LogP contribution in [0.2, 0.25) is 0 Å². The first-order valence-electron chi connectivity index (χ1n) is 14.1. The number of carboxylic acid groups (broad SMARTS) is 1. The van der Waals surface area contributed by atoms with Crippen LogP contribution in [0.25, 0.3) is 0 Å². The summed E-state index contributed by atoms with van der Waals surface area (Å²) in [6.45, 7) is 17.0. The first-order valence-corrected chi connectivity index (χ1v) is 14.1. The number of rotatable bonds is 2. The first-order chi connectivity index (χ1) is 15.2. The van der Waals surface area contributed by atoms with E-state index < -0.39 is 5.97 Å². The number of fused-ring (bicyclic) bond motifs is 7. The van der Waals surface area contributed by atoms with Gasteiger partial charge in [0.25, 0.3) is 0 Å². The summed E-state index contributed by atoms with van der Waals surface area (Å²) in [7, 11) is 0. The summed E-state index contributed by atoms with van der Waals surface area (Å²) in [5.41, 5.74) is 1.27. The predicted molar refractivity (Wildman–Crippen MR) is 133 cm³/mol. The van der Waals surface area contributed by atoms with Gasteiger partial charge in [-0.1, -0.05) is 48.5 Å². The molecule has 3 heteroatoms. The van der Waals surface area contributed by atoms with E-state index in [0.29, 0.717) is 45.3 Å². The third kappa shape index (κ3) is 2.93. The third-order valence-electron chi connectivity index (χ3n) is 13.9. The van der Waals surface area contributed by atoms with Crippen molar-refractivity contribution in [3.8, 4) is 0 Å². The fourth-order valence-electron chi connectivity index (χ4n) is 11.7. The monoisotopic (exact) mass is 458 g/mol. The van der Waals surface area contributed by atoms with Crippen LogP contribution in [-0.4, -0.2) is 22.3 Å². The molecule has 0 aromatic carbocycles. The second kappa shape index (κ2) is 7.23. The van der Waals surface area contributed by atoms with Gasteiger partial charge in [0, 0.05) is 0 Å². The fourth-order valence-corrected chi connectivity index (χ4v) is 11.7. The minimum Gasteiger partial charge on any atom is -0.481 e. The van der Waals surface area contributed by atoms with E-state index in [2.05, 4.69) is 41.5 Å². The highest BCUT2D eigenvalue weighted by Crippen LogP contribution is 2.77. The third-order valence-corrected chi connectivity index (χ3v) is 13.9. The van der Waals surface area contributed by atoms with Crippen LogP contribution in [0.1, 0.15) is 113 Å². The minimum absolute atomic E-state index is 0.00465. The molecule has 0 aromatic heterocycles. The van der Waals surface area contributed by atoms with Gasteiger partial charge >= 0.3 is 5.97 Å². The van der Waals surface area contributed by atoms with Gasteiger partial charge in [-0.05, 0) is 121 Å². The van der Waals surface area contributed by atoms with Crippen LogP contribution in [0.4, 0.5) is 0 Å². The Hall–Kier alpha value is -0.570. The molecule has 0 heterocycles. The van der Waals surface area contributed by atoms with Crippen molar-refractivity contribution in [1.29, 1.82) is 0 Å². The molecule has 0 bridgehead atoms. The largest absolute Gasteiger partial charge is 0.481 e. The summed E-state index contributed by atoms with van der Waals surface area (Å²) in [5, 5.41) is 20.8. The van der Waals surface area contributed by atoms with Crippen LogP contribution < -0.4 is 0 Å². The Morgan fingerprint density at radius 2 is 1.48 bits per heavy atom. The zero-order valence-corrected chi connectivity index (χ0v) is 22.4. The predicted octanol–water partition coefficient (Wildman–Crippen LogP) is 7.17. The minimum atomic E-state index is -0.590. The normalized spacial score (nSPS) is 56.1. The number of carboxylic acids is 1. The Kier molecular flexibility index (Phi) is 5.29. The van der Waals surface area contributed by atoms with Gasteiger partial charge in [-0.3, -0.25) is 4.79 Å². The van der Waals surface area contributed by atoms with Crippen molar-refractivity contribution >= 4 is 5.97 Å². The Morgan fingerprint density at radius 3 is 2.15 bits per heavy atom. The highest BCUT2D eigenvalue weighted by atomic mass is 16.4. The van der Waals surface area contributed by atoms with E-state index in [1.165, 1.54) is 51.4 Å². The Labute approximate surface area is 202 Å². The lowest BCUT2D eigenvalue weighted by Gasteiger charge is -2.73. The molecule has 188 valence electrons. The van der Waals surface area contributed by atoms with Crippen LogP contribution in [0.15, 0.2) is 0 Å².